The van der Waals surface area contributed by atoms with Crippen molar-refractivity contribution in [3.63, 3.8) is 0 Å². The quantitative estimate of drug-likeness (QED) is 0.941. The average molecular weight is 320 g/mol. The van der Waals surface area contributed by atoms with Crippen molar-refractivity contribution in [1.82, 2.24) is 19.9 Å². The lowest BCUT2D eigenvalue weighted by Crippen LogP contribution is -2.11. The second-order valence-electron chi connectivity index (χ2n) is 4.65. The maximum absolute atomic E-state index is 12.5. The van der Waals surface area contributed by atoms with Gasteiger partial charge in [-0.1, -0.05) is 6.08 Å². The Morgan fingerprint density at radius 1 is 1.00 bits per heavy atom. The molecule has 1 N–H and O–H groups in total. The molecule has 9 heteroatoms. The summed E-state index contributed by atoms with van der Waals surface area (Å²) >= 11 is 0. The number of nitrogens with zero attached hydrogens (tertiary/aromatic N) is 5. The van der Waals surface area contributed by atoms with Crippen LogP contribution < -0.4 is 5.32 Å². The number of dihydropyridines is 1. The van der Waals surface area contributed by atoms with Crippen LogP contribution >= 0.6 is 0 Å². The molecule has 0 spiro atoms. The zero-order valence-electron chi connectivity index (χ0n) is 11.7. The molecule has 23 heavy (non-hydrogen) atoms. The van der Waals surface area contributed by atoms with Crippen molar-refractivity contribution in [2.75, 3.05) is 11.9 Å². The Bertz CT molecular complexity index is 752. The number of hydrogen-bond acceptors (Lipinski definition) is 6. The van der Waals surface area contributed by atoms with E-state index in [9.17, 15) is 13.2 Å². The summed E-state index contributed by atoms with van der Waals surface area (Å²) in [5.74, 6) is -0.758. The standard InChI is InChI=1S/C14H11F3N6/c15-14(16,17)13-21-7-10(8-22-13)23-12-11(19-5-6-20-12)9-1-3-18-4-2-9/h1,4-8H,2-3H2,(H,20,23). The van der Waals surface area contributed by atoms with Crippen LogP contribution in [0, 0.1) is 0 Å². The van der Waals surface area contributed by atoms with Gasteiger partial charge in [-0.3, -0.25) is 9.98 Å². The molecule has 0 atom stereocenters. The molecule has 0 aromatic carbocycles. The lowest BCUT2D eigenvalue weighted by molar-refractivity contribution is -0.144. The summed E-state index contributed by atoms with van der Waals surface area (Å²) in [5.41, 5.74) is 1.87. The summed E-state index contributed by atoms with van der Waals surface area (Å²) < 4.78 is 37.4. The van der Waals surface area contributed by atoms with Crippen LogP contribution in [0.1, 0.15) is 17.9 Å². The third-order valence-corrected chi connectivity index (χ3v) is 3.05. The summed E-state index contributed by atoms with van der Waals surface area (Å²) in [6, 6.07) is 0. The van der Waals surface area contributed by atoms with Gasteiger partial charge in [0.15, 0.2) is 5.82 Å². The molecule has 2 aromatic rings. The molecule has 3 rings (SSSR count). The number of rotatable bonds is 3. The highest BCUT2D eigenvalue weighted by molar-refractivity contribution is 5.84. The van der Waals surface area contributed by atoms with E-state index in [1.165, 1.54) is 6.20 Å². The van der Waals surface area contributed by atoms with Gasteiger partial charge in [-0.2, -0.15) is 13.2 Å². The van der Waals surface area contributed by atoms with Crippen molar-refractivity contribution >= 4 is 23.3 Å². The zero-order chi connectivity index (χ0) is 16.3. The van der Waals surface area contributed by atoms with Gasteiger partial charge in [0.1, 0.15) is 5.69 Å². The van der Waals surface area contributed by atoms with Crippen molar-refractivity contribution in [3.8, 4) is 0 Å². The number of hydrogen-bond donors (Lipinski definition) is 1. The molecule has 1 aliphatic rings. The second-order valence-corrected chi connectivity index (χ2v) is 4.65. The number of halogens is 3. The first kappa shape index (κ1) is 15.1. The van der Waals surface area contributed by atoms with E-state index in [2.05, 4.69) is 30.2 Å². The SMILES string of the molecule is FC(F)(F)c1ncc(Nc2nccnc2C2=CCN=CC2)cn1. The van der Waals surface area contributed by atoms with Crippen LogP contribution in [-0.2, 0) is 6.18 Å². The topological polar surface area (TPSA) is 76.0 Å². The van der Waals surface area contributed by atoms with Crippen LogP contribution in [0.25, 0.3) is 5.57 Å². The lowest BCUT2D eigenvalue weighted by atomic mass is 10.1. The van der Waals surface area contributed by atoms with Gasteiger partial charge >= 0.3 is 6.18 Å². The van der Waals surface area contributed by atoms with E-state index in [4.69, 9.17) is 0 Å². The summed E-state index contributed by atoms with van der Waals surface area (Å²) in [6.07, 6.45) is 4.94. The highest BCUT2D eigenvalue weighted by Gasteiger charge is 2.34. The van der Waals surface area contributed by atoms with Crippen LogP contribution in [0.15, 0.2) is 35.9 Å². The molecule has 0 saturated heterocycles. The Hall–Kier alpha value is -2.84. The van der Waals surface area contributed by atoms with Gasteiger partial charge < -0.3 is 5.32 Å². The molecule has 0 unspecified atom stereocenters. The van der Waals surface area contributed by atoms with Crippen LogP contribution in [-0.4, -0.2) is 32.7 Å². The highest BCUT2D eigenvalue weighted by atomic mass is 19.4. The van der Waals surface area contributed by atoms with E-state index >= 15 is 0 Å². The molecule has 118 valence electrons. The smallest absolute Gasteiger partial charge is 0.336 e. The minimum Gasteiger partial charge on any atom is -0.336 e. The van der Waals surface area contributed by atoms with Crippen LogP contribution in [0.3, 0.4) is 0 Å². The van der Waals surface area contributed by atoms with Gasteiger partial charge in [-0.15, -0.1) is 0 Å². The van der Waals surface area contributed by atoms with E-state index in [1.807, 2.05) is 6.08 Å². The minimum atomic E-state index is -4.57. The molecule has 1 aliphatic heterocycles. The molecule has 6 nitrogen and oxygen atoms in total. The van der Waals surface area contributed by atoms with Crippen molar-refractivity contribution in [2.24, 2.45) is 4.99 Å². The first-order valence-electron chi connectivity index (χ1n) is 6.69. The Balaban J connectivity index is 1.85. The molecule has 0 radical (unpaired) electrons. The first-order chi connectivity index (χ1) is 11.0. The zero-order valence-corrected chi connectivity index (χ0v) is 11.7. The predicted molar refractivity (Wildman–Crippen MR) is 78.3 cm³/mol. The second kappa shape index (κ2) is 6.11. The average Bonchev–Trinajstić information content (AvgIpc) is 2.56. The summed E-state index contributed by atoms with van der Waals surface area (Å²) in [5, 5.41) is 2.90. The summed E-state index contributed by atoms with van der Waals surface area (Å²) in [6.45, 7) is 0.564. The summed E-state index contributed by atoms with van der Waals surface area (Å²) in [4.78, 5) is 19.2. The van der Waals surface area contributed by atoms with Crippen LogP contribution in [0.2, 0.25) is 0 Å². The fraction of sp³-hybridized carbons (Fsp3) is 0.214. The number of allylic oxidation sites excluding steroid dienone is 1. The monoisotopic (exact) mass is 320 g/mol. The van der Waals surface area contributed by atoms with Gasteiger partial charge in [0.25, 0.3) is 0 Å². The van der Waals surface area contributed by atoms with Crippen LogP contribution in [0.4, 0.5) is 24.7 Å². The van der Waals surface area contributed by atoms with Crippen molar-refractivity contribution in [2.45, 2.75) is 12.6 Å². The van der Waals surface area contributed by atoms with Gasteiger partial charge in [-0.05, 0) is 5.57 Å². The third kappa shape index (κ3) is 3.50. The Kier molecular flexibility index (Phi) is 4.00. The van der Waals surface area contributed by atoms with E-state index in [0.717, 1.165) is 18.0 Å². The van der Waals surface area contributed by atoms with Crippen molar-refractivity contribution in [3.05, 3.63) is 42.4 Å². The number of aromatic nitrogens is 4. The largest absolute Gasteiger partial charge is 0.451 e. The van der Waals surface area contributed by atoms with E-state index in [-0.39, 0.29) is 0 Å². The van der Waals surface area contributed by atoms with Gasteiger partial charge in [0.05, 0.1) is 24.6 Å². The van der Waals surface area contributed by atoms with Crippen molar-refractivity contribution < 1.29 is 13.2 Å². The van der Waals surface area contributed by atoms with E-state index < -0.39 is 12.0 Å². The highest BCUT2D eigenvalue weighted by Crippen LogP contribution is 2.28. The van der Waals surface area contributed by atoms with Gasteiger partial charge in [0, 0.05) is 25.0 Å². The maximum atomic E-state index is 12.5. The van der Waals surface area contributed by atoms with Crippen LogP contribution in [0.5, 0.6) is 0 Å². The Morgan fingerprint density at radius 2 is 1.74 bits per heavy atom. The molecule has 0 amide bonds. The molecule has 0 bridgehead atoms. The van der Waals surface area contributed by atoms with Gasteiger partial charge in [-0.25, -0.2) is 15.0 Å². The minimum absolute atomic E-state index is 0.296. The predicted octanol–water partition coefficient (Wildman–Crippen LogP) is 2.89. The Morgan fingerprint density at radius 3 is 2.39 bits per heavy atom. The molecule has 0 aliphatic carbocycles. The first-order valence-corrected chi connectivity index (χ1v) is 6.69. The molecular weight excluding hydrogens is 309 g/mol. The summed E-state index contributed by atoms with van der Waals surface area (Å²) in [7, 11) is 0. The van der Waals surface area contributed by atoms with E-state index in [0.29, 0.717) is 30.2 Å². The number of aliphatic imine (C=N–C) groups is 1. The number of alkyl halides is 3. The van der Waals surface area contributed by atoms with Crippen molar-refractivity contribution in [1.29, 1.82) is 0 Å². The number of nitrogens with one attached hydrogen (secondary N) is 1. The third-order valence-electron chi connectivity index (χ3n) is 3.05. The van der Waals surface area contributed by atoms with E-state index in [1.54, 1.807) is 12.4 Å². The molecule has 0 fully saturated rings. The lowest BCUT2D eigenvalue weighted by Gasteiger charge is -2.13. The fourth-order valence-electron chi connectivity index (χ4n) is 2.02. The normalized spacial score (nSPS) is 14.5. The molecular formula is C14H11F3N6. The fourth-order valence-corrected chi connectivity index (χ4v) is 2.02. The number of anilines is 2. The van der Waals surface area contributed by atoms with Gasteiger partial charge in [0.2, 0.25) is 5.82 Å². The Labute approximate surface area is 129 Å². The molecule has 3 heterocycles. The molecule has 0 saturated carbocycles. The molecule has 2 aromatic heterocycles. The maximum Gasteiger partial charge on any atom is 0.451 e.